The highest BCUT2D eigenvalue weighted by Gasteiger charge is 2.30. The first-order chi connectivity index (χ1) is 11.2. The lowest BCUT2D eigenvalue weighted by atomic mass is 10.2. The van der Waals surface area contributed by atoms with Gasteiger partial charge in [-0.2, -0.15) is 18.3 Å². The van der Waals surface area contributed by atoms with E-state index in [0.29, 0.717) is 0 Å². The van der Waals surface area contributed by atoms with Crippen molar-refractivity contribution in [2.24, 2.45) is 5.10 Å². The molecule has 0 atom stereocenters. The molecule has 2 N–H and O–H groups in total. The van der Waals surface area contributed by atoms with Crippen LogP contribution in [0.2, 0.25) is 5.02 Å². The van der Waals surface area contributed by atoms with Gasteiger partial charge in [-0.15, -0.1) is 0 Å². The summed E-state index contributed by atoms with van der Waals surface area (Å²) in [5.41, 5.74) is 0.872. The molecule has 0 fully saturated rings. The van der Waals surface area contributed by atoms with Crippen LogP contribution in [-0.4, -0.2) is 16.2 Å². The van der Waals surface area contributed by atoms with Gasteiger partial charge in [-0.05, 0) is 24.3 Å². The molecular weight excluding hydrogens is 351 g/mol. The zero-order valence-electron chi connectivity index (χ0n) is 11.7. The molecule has 0 radical (unpaired) electrons. The summed E-state index contributed by atoms with van der Waals surface area (Å²) in [6, 6.07) is 6.49. The third-order valence-electron chi connectivity index (χ3n) is 2.87. The van der Waals surface area contributed by atoms with E-state index < -0.39 is 28.1 Å². The number of phenolic OH excluding ortho intramolecular Hbond substituents is 1. The maximum atomic E-state index is 12.6. The van der Waals surface area contributed by atoms with Crippen molar-refractivity contribution in [3.05, 3.63) is 62.7 Å². The number of hydrogen-bond donors (Lipinski definition) is 2. The van der Waals surface area contributed by atoms with Crippen LogP contribution in [0.5, 0.6) is 5.75 Å². The normalized spacial score (nSPS) is 11.7. The minimum Gasteiger partial charge on any atom is -0.502 e. The van der Waals surface area contributed by atoms with E-state index in [1.807, 2.05) is 0 Å². The molecule has 0 bridgehead atoms. The molecule has 0 aliphatic carbocycles. The zero-order valence-corrected chi connectivity index (χ0v) is 12.5. The van der Waals surface area contributed by atoms with E-state index in [9.17, 15) is 28.4 Å². The number of nitrogens with one attached hydrogen (secondary N) is 1. The number of alkyl halides is 3. The summed E-state index contributed by atoms with van der Waals surface area (Å²) in [6.45, 7) is 0. The summed E-state index contributed by atoms with van der Waals surface area (Å²) in [7, 11) is 0. The SMILES string of the molecule is O=[N+]([O-])c1cc(Cl)cc(C=NNc2cccc(C(F)(F)F)c2)c1O. The van der Waals surface area contributed by atoms with Crippen molar-refractivity contribution >= 4 is 29.2 Å². The summed E-state index contributed by atoms with van der Waals surface area (Å²) in [5.74, 6) is -0.654. The maximum Gasteiger partial charge on any atom is 0.416 e. The van der Waals surface area contributed by atoms with Gasteiger partial charge in [0.25, 0.3) is 0 Å². The molecule has 0 spiro atoms. The lowest BCUT2D eigenvalue weighted by Gasteiger charge is -2.08. The predicted molar refractivity (Wildman–Crippen MR) is 82.4 cm³/mol. The van der Waals surface area contributed by atoms with Crippen molar-refractivity contribution in [3.8, 4) is 5.75 Å². The molecule has 0 unspecified atom stereocenters. The third-order valence-corrected chi connectivity index (χ3v) is 3.09. The van der Waals surface area contributed by atoms with Crippen molar-refractivity contribution in [2.75, 3.05) is 5.43 Å². The Hall–Kier alpha value is -2.81. The Morgan fingerprint density at radius 1 is 1.29 bits per heavy atom. The fourth-order valence-electron chi connectivity index (χ4n) is 1.78. The Morgan fingerprint density at radius 2 is 2.00 bits per heavy atom. The van der Waals surface area contributed by atoms with Crippen molar-refractivity contribution in [1.29, 1.82) is 0 Å². The number of halogens is 4. The summed E-state index contributed by atoms with van der Waals surface area (Å²) < 4.78 is 37.8. The molecule has 10 heteroatoms. The fourth-order valence-corrected chi connectivity index (χ4v) is 2.01. The number of phenols is 1. The quantitative estimate of drug-likeness (QED) is 0.480. The Bertz CT molecular complexity index is 810. The van der Waals surface area contributed by atoms with Crippen LogP contribution in [0, 0.1) is 10.1 Å². The molecule has 0 aliphatic heterocycles. The van der Waals surface area contributed by atoms with Crippen molar-refractivity contribution in [2.45, 2.75) is 6.18 Å². The molecule has 0 amide bonds. The smallest absolute Gasteiger partial charge is 0.416 e. The number of benzene rings is 2. The average Bonchev–Trinajstić information content (AvgIpc) is 2.49. The number of hydrazone groups is 1. The maximum absolute atomic E-state index is 12.6. The van der Waals surface area contributed by atoms with Crippen molar-refractivity contribution in [3.63, 3.8) is 0 Å². The molecule has 0 heterocycles. The minimum absolute atomic E-state index is 0.0000174. The van der Waals surface area contributed by atoms with Crippen LogP contribution in [-0.2, 0) is 6.18 Å². The largest absolute Gasteiger partial charge is 0.502 e. The van der Waals surface area contributed by atoms with E-state index in [4.69, 9.17) is 11.6 Å². The van der Waals surface area contributed by atoms with E-state index >= 15 is 0 Å². The number of nitro benzene ring substituents is 1. The van der Waals surface area contributed by atoms with E-state index in [2.05, 4.69) is 10.5 Å². The topological polar surface area (TPSA) is 87.8 Å². The zero-order chi connectivity index (χ0) is 17.9. The van der Waals surface area contributed by atoms with E-state index in [0.717, 1.165) is 24.4 Å². The van der Waals surface area contributed by atoms with Crippen LogP contribution in [0.1, 0.15) is 11.1 Å². The second kappa shape index (κ2) is 6.75. The first-order valence-electron chi connectivity index (χ1n) is 6.31. The van der Waals surface area contributed by atoms with Gasteiger partial charge in [0.15, 0.2) is 0 Å². The Kier molecular flexibility index (Phi) is 4.93. The Balaban J connectivity index is 2.23. The number of hydrogen-bond acceptors (Lipinski definition) is 5. The summed E-state index contributed by atoms with van der Waals surface area (Å²) in [5, 5.41) is 24.2. The van der Waals surface area contributed by atoms with Gasteiger partial charge in [0.05, 0.1) is 22.4 Å². The van der Waals surface area contributed by atoms with Crippen LogP contribution in [0.15, 0.2) is 41.5 Å². The van der Waals surface area contributed by atoms with Gasteiger partial charge in [0.1, 0.15) is 0 Å². The first-order valence-corrected chi connectivity index (χ1v) is 6.69. The van der Waals surface area contributed by atoms with Crippen LogP contribution < -0.4 is 5.43 Å². The van der Waals surface area contributed by atoms with Gasteiger partial charge in [-0.1, -0.05) is 17.7 Å². The second-order valence-corrected chi connectivity index (χ2v) is 5.00. The average molecular weight is 360 g/mol. The highest BCUT2D eigenvalue weighted by molar-refractivity contribution is 6.31. The molecule has 2 aromatic rings. The molecule has 0 aromatic heterocycles. The van der Waals surface area contributed by atoms with Crippen LogP contribution >= 0.6 is 11.6 Å². The molecule has 6 nitrogen and oxygen atoms in total. The fraction of sp³-hybridized carbons (Fsp3) is 0.0714. The van der Waals surface area contributed by atoms with Crippen LogP contribution in [0.25, 0.3) is 0 Å². The number of anilines is 1. The summed E-state index contributed by atoms with van der Waals surface area (Å²) in [6.07, 6.45) is -3.48. The Labute approximate surface area is 138 Å². The van der Waals surface area contributed by atoms with Gasteiger partial charge < -0.3 is 5.11 Å². The number of nitrogens with zero attached hydrogens (tertiary/aromatic N) is 2. The van der Waals surface area contributed by atoms with Crippen molar-refractivity contribution < 1.29 is 23.2 Å². The van der Waals surface area contributed by atoms with Crippen molar-refractivity contribution in [1.82, 2.24) is 0 Å². The standard InChI is InChI=1S/C14H9ClF3N3O3/c15-10-4-8(13(22)12(6-10)21(23)24)7-19-20-11-3-1-2-9(5-11)14(16,17)18/h1-7,20,22H. The lowest BCUT2D eigenvalue weighted by Crippen LogP contribution is -2.05. The third kappa shape index (κ3) is 4.13. The monoisotopic (exact) mass is 359 g/mol. The molecule has 2 aromatic carbocycles. The van der Waals surface area contributed by atoms with Gasteiger partial charge in [0, 0.05) is 16.7 Å². The molecule has 0 saturated heterocycles. The number of rotatable bonds is 4. The van der Waals surface area contributed by atoms with Gasteiger partial charge in [-0.3, -0.25) is 15.5 Å². The summed E-state index contributed by atoms with van der Waals surface area (Å²) >= 11 is 5.71. The number of nitro groups is 1. The molecule has 0 saturated carbocycles. The van der Waals surface area contributed by atoms with Crippen LogP contribution in [0.3, 0.4) is 0 Å². The van der Waals surface area contributed by atoms with E-state index in [1.54, 1.807) is 0 Å². The van der Waals surface area contributed by atoms with Crippen LogP contribution in [0.4, 0.5) is 24.5 Å². The summed E-state index contributed by atoms with van der Waals surface area (Å²) in [4.78, 5) is 9.95. The lowest BCUT2D eigenvalue weighted by molar-refractivity contribution is -0.385. The second-order valence-electron chi connectivity index (χ2n) is 4.57. The Morgan fingerprint density at radius 3 is 2.62 bits per heavy atom. The molecule has 0 aliphatic rings. The molecule has 126 valence electrons. The molecule has 2 rings (SSSR count). The van der Waals surface area contributed by atoms with E-state index in [1.165, 1.54) is 18.2 Å². The highest BCUT2D eigenvalue weighted by atomic mass is 35.5. The first kappa shape index (κ1) is 17.5. The minimum atomic E-state index is -4.49. The predicted octanol–water partition coefficient (Wildman–Crippen LogP) is 4.42. The van der Waals surface area contributed by atoms with Gasteiger partial charge >= 0.3 is 11.9 Å². The molecular formula is C14H9ClF3N3O3. The highest BCUT2D eigenvalue weighted by Crippen LogP contribution is 2.32. The molecule has 24 heavy (non-hydrogen) atoms. The van der Waals surface area contributed by atoms with Gasteiger partial charge in [-0.25, -0.2) is 0 Å². The van der Waals surface area contributed by atoms with E-state index in [-0.39, 0.29) is 16.3 Å². The van der Waals surface area contributed by atoms with Gasteiger partial charge in [0.2, 0.25) is 5.75 Å². The number of aromatic hydroxyl groups is 1.